The van der Waals surface area contributed by atoms with E-state index in [2.05, 4.69) is 66.3 Å². The summed E-state index contributed by atoms with van der Waals surface area (Å²) in [6.07, 6.45) is 3.64. The Morgan fingerprint density at radius 1 is 1.00 bits per heavy atom. The molecule has 0 amide bonds. The molecule has 2 heterocycles. The molecule has 0 aliphatic rings. The summed E-state index contributed by atoms with van der Waals surface area (Å²) in [5.74, 6) is 0.643. The van der Waals surface area contributed by atoms with Crippen LogP contribution in [0.4, 0.5) is 11.6 Å². The maximum Gasteiger partial charge on any atom is 0.222 e. The lowest BCUT2D eigenvalue weighted by Crippen LogP contribution is -2.10. The van der Waals surface area contributed by atoms with Crippen LogP contribution in [-0.2, 0) is 0 Å². The number of pyridine rings is 1. The second-order valence-corrected chi connectivity index (χ2v) is 6.20. The van der Waals surface area contributed by atoms with Gasteiger partial charge in [-0.25, -0.2) is 15.0 Å². The van der Waals surface area contributed by atoms with Crippen molar-refractivity contribution in [2.45, 2.75) is 20.8 Å². The maximum atomic E-state index is 4.84. The van der Waals surface area contributed by atoms with Gasteiger partial charge in [-0.3, -0.25) is 0 Å². The Labute approximate surface area is 142 Å². The molecule has 0 saturated heterocycles. The summed E-state index contributed by atoms with van der Waals surface area (Å²) < 4.78 is 0. The third kappa shape index (κ3) is 3.02. The molecule has 0 saturated carbocycles. The van der Waals surface area contributed by atoms with Crippen molar-refractivity contribution in [3.63, 3.8) is 0 Å². The number of fused-ring (bicyclic) bond motifs is 1. The Morgan fingerprint density at radius 3 is 2.33 bits per heavy atom. The van der Waals surface area contributed by atoms with Crippen LogP contribution >= 0.6 is 0 Å². The van der Waals surface area contributed by atoms with Crippen LogP contribution in [0.5, 0.6) is 0 Å². The molecular weight excluding hydrogens is 298 g/mol. The number of hydrogen-bond acceptors (Lipinski definition) is 5. The summed E-state index contributed by atoms with van der Waals surface area (Å²) in [7, 11) is 4.11. The van der Waals surface area contributed by atoms with Gasteiger partial charge in [-0.15, -0.1) is 0 Å². The van der Waals surface area contributed by atoms with Crippen LogP contribution in [0.15, 0.2) is 30.6 Å². The Hall–Kier alpha value is -2.69. The highest BCUT2D eigenvalue weighted by atomic mass is 15.1. The summed E-state index contributed by atoms with van der Waals surface area (Å²) >= 11 is 0. The molecular formula is C19H23N5. The van der Waals surface area contributed by atoms with E-state index in [9.17, 15) is 0 Å². The zero-order chi connectivity index (χ0) is 17.3. The minimum Gasteiger partial charge on any atom is -0.377 e. The van der Waals surface area contributed by atoms with E-state index in [1.807, 2.05) is 19.3 Å². The lowest BCUT2D eigenvalue weighted by atomic mass is 10.0. The molecule has 5 heteroatoms. The molecule has 24 heavy (non-hydrogen) atoms. The van der Waals surface area contributed by atoms with E-state index in [1.54, 1.807) is 0 Å². The number of nitrogens with one attached hydrogen (secondary N) is 1. The first-order valence-electron chi connectivity index (χ1n) is 8.15. The predicted octanol–water partition coefficient (Wildman–Crippen LogP) is 3.81. The number of rotatable bonds is 4. The van der Waals surface area contributed by atoms with Crippen molar-refractivity contribution in [2.75, 3.05) is 30.9 Å². The van der Waals surface area contributed by atoms with Gasteiger partial charge >= 0.3 is 0 Å². The predicted molar refractivity (Wildman–Crippen MR) is 101 cm³/mol. The molecule has 124 valence electrons. The van der Waals surface area contributed by atoms with Crippen molar-refractivity contribution in [3.8, 4) is 11.3 Å². The van der Waals surface area contributed by atoms with Gasteiger partial charge in [0, 0.05) is 49.7 Å². The summed E-state index contributed by atoms with van der Waals surface area (Å²) in [6, 6.07) is 6.46. The fourth-order valence-electron chi connectivity index (χ4n) is 2.88. The molecule has 0 unspecified atom stereocenters. The number of benzene rings is 1. The average Bonchev–Trinajstić information content (AvgIpc) is 2.55. The van der Waals surface area contributed by atoms with Crippen LogP contribution < -0.4 is 10.2 Å². The van der Waals surface area contributed by atoms with Gasteiger partial charge in [-0.1, -0.05) is 0 Å². The second kappa shape index (κ2) is 6.43. The fraction of sp³-hybridized carbons (Fsp3) is 0.316. The average molecular weight is 321 g/mol. The lowest BCUT2D eigenvalue weighted by Gasteiger charge is -2.17. The Morgan fingerprint density at radius 2 is 1.71 bits per heavy atom. The van der Waals surface area contributed by atoms with E-state index >= 15 is 0 Å². The second-order valence-electron chi connectivity index (χ2n) is 6.20. The largest absolute Gasteiger partial charge is 0.377 e. The number of aryl methyl sites for hydroxylation is 2. The van der Waals surface area contributed by atoms with Gasteiger partial charge in [0.15, 0.2) is 0 Å². The van der Waals surface area contributed by atoms with E-state index in [4.69, 9.17) is 4.98 Å². The number of nitrogens with zero attached hydrogens (tertiary/aromatic N) is 4. The van der Waals surface area contributed by atoms with Gasteiger partial charge in [0.2, 0.25) is 5.95 Å². The normalized spacial score (nSPS) is 10.9. The number of hydrogen-bond donors (Lipinski definition) is 1. The van der Waals surface area contributed by atoms with Gasteiger partial charge in [-0.2, -0.15) is 0 Å². The van der Waals surface area contributed by atoms with Crippen molar-refractivity contribution >= 4 is 22.5 Å². The van der Waals surface area contributed by atoms with E-state index < -0.39 is 0 Å². The van der Waals surface area contributed by atoms with E-state index in [0.29, 0.717) is 5.95 Å². The van der Waals surface area contributed by atoms with Crippen LogP contribution in [0.3, 0.4) is 0 Å². The Bertz CT molecular complexity index is 869. The zero-order valence-electron chi connectivity index (χ0n) is 14.9. The molecule has 0 bridgehead atoms. The SMILES string of the molecule is CCNc1ncc(-c2cc(C)c3cc(C)c(N(C)C)cc3n2)cn1. The third-order valence-electron chi connectivity index (χ3n) is 4.10. The van der Waals surface area contributed by atoms with Crippen molar-refractivity contribution in [2.24, 2.45) is 0 Å². The minimum absolute atomic E-state index is 0.643. The van der Waals surface area contributed by atoms with Crippen LogP contribution in [0, 0.1) is 13.8 Å². The van der Waals surface area contributed by atoms with Gasteiger partial charge < -0.3 is 10.2 Å². The van der Waals surface area contributed by atoms with E-state index in [-0.39, 0.29) is 0 Å². The standard InChI is InChI=1S/C19H23N5/c1-6-20-19-21-10-14(11-22-19)16-8-12(2)15-7-13(3)18(24(4)5)9-17(15)23-16/h7-11H,6H2,1-5H3,(H,20,21,22). The highest BCUT2D eigenvalue weighted by Gasteiger charge is 2.10. The third-order valence-corrected chi connectivity index (χ3v) is 4.10. The molecule has 0 aliphatic heterocycles. The highest BCUT2D eigenvalue weighted by Crippen LogP contribution is 2.29. The summed E-state index contributed by atoms with van der Waals surface area (Å²) in [6.45, 7) is 7.08. The molecule has 0 aliphatic carbocycles. The van der Waals surface area contributed by atoms with Gasteiger partial charge in [0.25, 0.3) is 0 Å². The number of anilines is 2. The summed E-state index contributed by atoms with van der Waals surface area (Å²) in [4.78, 5) is 15.6. The zero-order valence-corrected chi connectivity index (χ0v) is 14.9. The van der Waals surface area contributed by atoms with Crippen molar-refractivity contribution in [1.29, 1.82) is 0 Å². The van der Waals surface area contributed by atoms with Crippen molar-refractivity contribution in [3.05, 3.63) is 41.7 Å². The molecule has 0 spiro atoms. The summed E-state index contributed by atoms with van der Waals surface area (Å²) in [5.41, 5.74) is 6.47. The monoisotopic (exact) mass is 321 g/mol. The smallest absolute Gasteiger partial charge is 0.222 e. The quantitative estimate of drug-likeness (QED) is 0.792. The first kappa shape index (κ1) is 16.2. The van der Waals surface area contributed by atoms with Crippen molar-refractivity contribution < 1.29 is 0 Å². The van der Waals surface area contributed by atoms with E-state index in [1.165, 1.54) is 22.2 Å². The van der Waals surface area contributed by atoms with Crippen LogP contribution in [0.1, 0.15) is 18.1 Å². The Balaban J connectivity index is 2.10. The highest BCUT2D eigenvalue weighted by molar-refractivity contribution is 5.89. The van der Waals surface area contributed by atoms with Crippen LogP contribution in [0.25, 0.3) is 22.2 Å². The van der Waals surface area contributed by atoms with Crippen LogP contribution in [-0.4, -0.2) is 35.6 Å². The topological polar surface area (TPSA) is 53.9 Å². The molecule has 0 radical (unpaired) electrons. The molecule has 2 aromatic heterocycles. The van der Waals surface area contributed by atoms with Gasteiger partial charge in [-0.05, 0) is 50.1 Å². The lowest BCUT2D eigenvalue weighted by molar-refractivity contribution is 1.08. The number of aromatic nitrogens is 3. The molecule has 0 fully saturated rings. The molecule has 5 nitrogen and oxygen atoms in total. The minimum atomic E-state index is 0.643. The summed E-state index contributed by atoms with van der Waals surface area (Å²) in [5, 5.41) is 4.29. The molecule has 3 aromatic rings. The van der Waals surface area contributed by atoms with E-state index in [0.717, 1.165) is 23.3 Å². The van der Waals surface area contributed by atoms with Crippen molar-refractivity contribution in [1.82, 2.24) is 15.0 Å². The molecule has 1 aromatic carbocycles. The van der Waals surface area contributed by atoms with Crippen LogP contribution in [0.2, 0.25) is 0 Å². The van der Waals surface area contributed by atoms with Gasteiger partial charge in [0.05, 0.1) is 11.2 Å². The first-order chi connectivity index (χ1) is 11.5. The maximum absolute atomic E-state index is 4.84. The molecule has 0 atom stereocenters. The molecule has 3 rings (SSSR count). The van der Waals surface area contributed by atoms with Gasteiger partial charge in [0.1, 0.15) is 0 Å². The Kier molecular flexibility index (Phi) is 4.34. The first-order valence-corrected chi connectivity index (χ1v) is 8.15. The molecule has 1 N–H and O–H groups in total. The fourth-order valence-corrected chi connectivity index (χ4v) is 2.88.